The van der Waals surface area contributed by atoms with Gasteiger partial charge in [-0.2, -0.15) is 0 Å². The third-order valence-corrected chi connectivity index (χ3v) is 6.96. The van der Waals surface area contributed by atoms with Crippen LogP contribution in [-0.4, -0.2) is 60.8 Å². The first-order valence-electron chi connectivity index (χ1n) is 12.1. The molecule has 0 spiro atoms. The van der Waals surface area contributed by atoms with Gasteiger partial charge in [0.1, 0.15) is 12.2 Å². The number of carbonyl (C=O) groups is 3. The van der Waals surface area contributed by atoms with Crippen LogP contribution in [0.25, 0.3) is 33.0 Å². The van der Waals surface area contributed by atoms with Gasteiger partial charge in [0.15, 0.2) is 0 Å². The molecule has 9 nitrogen and oxygen atoms in total. The van der Waals surface area contributed by atoms with Gasteiger partial charge in [-0.05, 0) is 18.1 Å². The third kappa shape index (κ3) is 3.88. The summed E-state index contributed by atoms with van der Waals surface area (Å²) in [6.45, 7) is 2.01. The van der Waals surface area contributed by atoms with Gasteiger partial charge in [0.2, 0.25) is 0 Å². The summed E-state index contributed by atoms with van der Waals surface area (Å²) < 4.78 is 18.0. The first kappa shape index (κ1) is 23.1. The number of hydrogen-bond acceptors (Lipinski definition) is 6. The van der Waals surface area contributed by atoms with Crippen LogP contribution >= 0.6 is 0 Å². The van der Waals surface area contributed by atoms with E-state index in [1.54, 1.807) is 24.3 Å². The number of furan rings is 1. The van der Waals surface area contributed by atoms with Crippen molar-refractivity contribution in [2.45, 2.75) is 13.0 Å². The maximum atomic E-state index is 13.2. The maximum absolute atomic E-state index is 13.2. The summed E-state index contributed by atoms with van der Waals surface area (Å²) in [6, 6.07) is 13.3. The van der Waals surface area contributed by atoms with E-state index in [9.17, 15) is 14.4 Å². The van der Waals surface area contributed by atoms with Crippen molar-refractivity contribution in [2.24, 2.45) is 0 Å². The molecule has 0 radical (unpaired) electrons. The molecule has 6 rings (SSSR count). The lowest BCUT2D eigenvalue weighted by atomic mass is 9.94. The van der Waals surface area contributed by atoms with Crippen molar-refractivity contribution in [3.05, 3.63) is 71.6 Å². The van der Waals surface area contributed by atoms with Crippen LogP contribution in [-0.2, 0) is 32.0 Å². The highest BCUT2D eigenvalue weighted by Crippen LogP contribution is 2.39. The summed E-state index contributed by atoms with van der Waals surface area (Å²) in [6.07, 6.45) is 3.73. The number of nitrogens with one attached hydrogen (secondary N) is 1. The van der Waals surface area contributed by atoms with Crippen molar-refractivity contribution in [3.8, 4) is 0 Å². The van der Waals surface area contributed by atoms with Crippen molar-refractivity contribution < 1.29 is 28.3 Å². The second kappa shape index (κ2) is 9.25. The van der Waals surface area contributed by atoms with Crippen molar-refractivity contribution in [1.82, 2.24) is 14.8 Å². The van der Waals surface area contributed by atoms with Crippen LogP contribution in [0.5, 0.6) is 0 Å². The number of hydrogen-bond donors (Lipinski definition) is 1. The van der Waals surface area contributed by atoms with Gasteiger partial charge in [-0.3, -0.25) is 14.9 Å². The molecule has 0 saturated heterocycles. The standard InChI is InChI=1S/C28H25N3O6/c1-35-14-15-37-28(34)30-10-8-17-4-2-6-19-21(16-31(12-11-30)24(17)19)23-22(26(32)29-27(23)33)20-7-3-5-18-9-13-36-25(18)20/h2-7,9,13,16H,8,10-12,14-15H2,1H3,(H,29,32,33). The number of methoxy groups -OCH3 is 1. The predicted molar refractivity (Wildman–Crippen MR) is 137 cm³/mol. The van der Waals surface area contributed by atoms with E-state index in [1.165, 1.54) is 0 Å². The fourth-order valence-electron chi connectivity index (χ4n) is 5.26. The molecule has 0 atom stereocenters. The van der Waals surface area contributed by atoms with Crippen molar-refractivity contribution >= 4 is 50.9 Å². The number of aromatic nitrogens is 1. The molecule has 2 aromatic carbocycles. The number of nitrogens with zero attached hydrogens (tertiary/aromatic N) is 2. The molecular formula is C28H25N3O6. The van der Waals surface area contributed by atoms with Gasteiger partial charge >= 0.3 is 6.09 Å². The van der Waals surface area contributed by atoms with E-state index >= 15 is 0 Å². The topological polar surface area (TPSA) is 103 Å². The van der Waals surface area contributed by atoms with Crippen LogP contribution in [0.1, 0.15) is 16.7 Å². The highest BCUT2D eigenvalue weighted by molar-refractivity contribution is 6.50. The molecule has 4 heterocycles. The maximum Gasteiger partial charge on any atom is 0.409 e. The average molecular weight is 500 g/mol. The summed E-state index contributed by atoms with van der Waals surface area (Å²) in [5, 5.41) is 4.22. The molecule has 0 bridgehead atoms. The minimum absolute atomic E-state index is 0.197. The number of para-hydroxylation sites is 2. The van der Waals surface area contributed by atoms with Crippen LogP contribution < -0.4 is 5.32 Å². The Hall–Kier alpha value is -4.37. The second-order valence-electron chi connectivity index (χ2n) is 9.07. The normalized spacial score (nSPS) is 15.9. The minimum Gasteiger partial charge on any atom is -0.464 e. The molecule has 2 aliphatic heterocycles. The molecule has 37 heavy (non-hydrogen) atoms. The van der Waals surface area contributed by atoms with Crippen molar-refractivity contribution in [3.63, 3.8) is 0 Å². The van der Waals surface area contributed by atoms with Crippen LogP contribution in [0.15, 0.2) is 59.3 Å². The van der Waals surface area contributed by atoms with Crippen LogP contribution in [0.3, 0.4) is 0 Å². The molecule has 4 aromatic rings. The van der Waals surface area contributed by atoms with E-state index in [1.807, 2.05) is 42.6 Å². The Labute approximate surface area is 212 Å². The first-order valence-corrected chi connectivity index (χ1v) is 12.1. The molecule has 2 aromatic heterocycles. The predicted octanol–water partition coefficient (Wildman–Crippen LogP) is 3.60. The second-order valence-corrected chi connectivity index (χ2v) is 9.07. The third-order valence-electron chi connectivity index (χ3n) is 6.96. The summed E-state index contributed by atoms with van der Waals surface area (Å²) in [5.74, 6) is -0.888. The highest BCUT2D eigenvalue weighted by Gasteiger charge is 2.35. The lowest BCUT2D eigenvalue weighted by Gasteiger charge is -2.25. The van der Waals surface area contributed by atoms with Crippen molar-refractivity contribution in [1.29, 1.82) is 0 Å². The van der Waals surface area contributed by atoms with E-state index in [-0.39, 0.29) is 12.7 Å². The zero-order valence-electron chi connectivity index (χ0n) is 20.3. The number of rotatable bonds is 5. The Morgan fingerprint density at radius 1 is 0.973 bits per heavy atom. The summed E-state index contributed by atoms with van der Waals surface area (Å²) in [7, 11) is 1.56. The SMILES string of the molecule is COCCOC(=O)N1CCc2cccc3c(C4=C(c5cccc6ccoc56)C(=O)NC4=O)cn(c23)CC1. The van der Waals surface area contributed by atoms with E-state index in [4.69, 9.17) is 13.9 Å². The molecule has 188 valence electrons. The van der Waals surface area contributed by atoms with Crippen LogP contribution in [0.2, 0.25) is 0 Å². The Kier molecular flexibility index (Phi) is 5.77. The number of benzene rings is 2. The number of amides is 3. The molecule has 3 amide bonds. The average Bonchev–Trinajstić information content (AvgIpc) is 3.58. The van der Waals surface area contributed by atoms with Crippen molar-refractivity contribution in [2.75, 3.05) is 33.4 Å². The summed E-state index contributed by atoms with van der Waals surface area (Å²) in [5.41, 5.74) is 4.49. The quantitative estimate of drug-likeness (QED) is 0.333. The fourth-order valence-corrected chi connectivity index (χ4v) is 5.26. The molecule has 1 N–H and O–H groups in total. The summed E-state index contributed by atoms with van der Waals surface area (Å²) in [4.78, 5) is 40.5. The number of fused-ring (bicyclic) bond motifs is 1. The first-order chi connectivity index (χ1) is 18.1. The Morgan fingerprint density at radius 3 is 2.62 bits per heavy atom. The molecule has 9 heteroatoms. The number of imide groups is 1. The lowest BCUT2D eigenvalue weighted by Crippen LogP contribution is -2.37. The summed E-state index contributed by atoms with van der Waals surface area (Å²) >= 11 is 0. The van der Waals surface area contributed by atoms with Gasteiger partial charge < -0.3 is 23.4 Å². The molecule has 0 unspecified atom stereocenters. The van der Waals surface area contributed by atoms with Gasteiger partial charge in [0, 0.05) is 54.8 Å². The smallest absolute Gasteiger partial charge is 0.409 e. The zero-order chi connectivity index (χ0) is 25.5. The van der Waals surface area contributed by atoms with Gasteiger partial charge in [-0.15, -0.1) is 0 Å². The molecule has 2 aliphatic rings. The van der Waals surface area contributed by atoms with E-state index in [0.717, 1.165) is 21.9 Å². The van der Waals surface area contributed by atoms with E-state index in [2.05, 4.69) is 9.88 Å². The zero-order valence-corrected chi connectivity index (χ0v) is 20.3. The minimum atomic E-state index is -0.449. The molecule has 0 fully saturated rings. The lowest BCUT2D eigenvalue weighted by molar-refractivity contribution is -0.122. The van der Waals surface area contributed by atoms with Gasteiger partial charge in [-0.25, -0.2) is 4.79 Å². The van der Waals surface area contributed by atoms with E-state index in [0.29, 0.717) is 60.5 Å². The Balaban J connectivity index is 1.45. The van der Waals surface area contributed by atoms with Gasteiger partial charge in [0.05, 0.1) is 29.5 Å². The van der Waals surface area contributed by atoms with Gasteiger partial charge in [-0.1, -0.05) is 36.4 Å². The van der Waals surface area contributed by atoms with E-state index < -0.39 is 11.8 Å². The number of ether oxygens (including phenoxy) is 2. The monoisotopic (exact) mass is 499 g/mol. The highest BCUT2D eigenvalue weighted by atomic mass is 16.6. The Bertz CT molecular complexity index is 1590. The molecule has 0 aliphatic carbocycles. The number of carbonyl (C=O) groups excluding carboxylic acids is 3. The fraction of sp³-hybridized carbons (Fsp3) is 0.250. The van der Waals surface area contributed by atoms with Crippen LogP contribution in [0, 0.1) is 0 Å². The molecule has 0 saturated carbocycles. The largest absolute Gasteiger partial charge is 0.464 e. The molecular weight excluding hydrogens is 474 g/mol. The van der Waals surface area contributed by atoms with Gasteiger partial charge in [0.25, 0.3) is 11.8 Å². The Morgan fingerprint density at radius 2 is 1.78 bits per heavy atom. The van der Waals surface area contributed by atoms with Crippen LogP contribution in [0.4, 0.5) is 4.79 Å².